The number of benzene rings is 1. The number of carbonyl (C=O) groups excluding carboxylic acids is 2. The lowest BCUT2D eigenvalue weighted by atomic mass is 10.1. The van der Waals surface area contributed by atoms with Crippen LogP contribution in [0.3, 0.4) is 0 Å². The molecule has 0 saturated carbocycles. The van der Waals surface area contributed by atoms with Gasteiger partial charge in [0.25, 0.3) is 5.91 Å². The smallest absolute Gasteiger partial charge is 0.339 e. The zero-order valence-corrected chi connectivity index (χ0v) is 15.5. The Hall–Kier alpha value is -2.28. The van der Waals surface area contributed by atoms with Crippen LogP contribution in [-0.2, 0) is 4.74 Å². The summed E-state index contributed by atoms with van der Waals surface area (Å²) in [5.41, 5.74) is -0.256. The molecule has 1 N–H and O–H groups in total. The Kier molecular flexibility index (Phi) is 5.33. The minimum Gasteiger partial charge on any atom is -0.456 e. The van der Waals surface area contributed by atoms with Gasteiger partial charge in [0.05, 0.1) is 11.1 Å². The van der Waals surface area contributed by atoms with Gasteiger partial charge in [0.2, 0.25) is 0 Å². The molecule has 126 valence electrons. The summed E-state index contributed by atoms with van der Waals surface area (Å²) in [5.74, 6) is -0.105. The summed E-state index contributed by atoms with van der Waals surface area (Å²) in [5, 5.41) is 2.67. The lowest BCUT2D eigenvalue weighted by molar-refractivity contribution is 0.00678. The van der Waals surface area contributed by atoms with Crippen LogP contribution in [-0.4, -0.2) is 27.4 Å². The first-order valence-corrected chi connectivity index (χ1v) is 8.09. The third kappa shape index (κ3) is 4.86. The number of nitrogens with zero attached hydrogens (tertiary/aromatic N) is 2. The number of aryl methyl sites for hydroxylation is 1. The Labute approximate surface area is 148 Å². The van der Waals surface area contributed by atoms with Gasteiger partial charge in [0, 0.05) is 10.7 Å². The van der Waals surface area contributed by atoms with Crippen LogP contribution in [0.25, 0.3) is 0 Å². The zero-order chi connectivity index (χ0) is 17.9. The van der Waals surface area contributed by atoms with Crippen LogP contribution in [0.4, 0.5) is 5.82 Å². The van der Waals surface area contributed by atoms with E-state index in [1.165, 1.54) is 0 Å². The molecule has 0 saturated heterocycles. The number of ether oxygens (including phenoxy) is 1. The molecule has 1 amide bonds. The fraction of sp³-hybridized carbons (Fsp3) is 0.294. The second-order valence-corrected chi connectivity index (χ2v) is 7.05. The predicted octanol–water partition coefficient (Wildman–Crippen LogP) is 3.76. The second kappa shape index (κ2) is 7.09. The molecule has 0 spiro atoms. The van der Waals surface area contributed by atoms with Crippen LogP contribution in [0.2, 0.25) is 0 Å². The second-order valence-electron chi connectivity index (χ2n) is 6.14. The Morgan fingerprint density at radius 3 is 2.50 bits per heavy atom. The maximum Gasteiger partial charge on any atom is 0.339 e. The van der Waals surface area contributed by atoms with Crippen molar-refractivity contribution in [2.75, 3.05) is 5.32 Å². The number of halogens is 1. The first-order chi connectivity index (χ1) is 11.2. The van der Waals surface area contributed by atoms with E-state index in [4.69, 9.17) is 4.74 Å². The lowest BCUT2D eigenvalue weighted by Crippen LogP contribution is -2.26. The van der Waals surface area contributed by atoms with E-state index >= 15 is 0 Å². The van der Waals surface area contributed by atoms with Gasteiger partial charge in [0.1, 0.15) is 17.2 Å². The van der Waals surface area contributed by atoms with Crippen LogP contribution in [0.1, 0.15) is 47.3 Å². The number of anilines is 1. The zero-order valence-electron chi connectivity index (χ0n) is 13.9. The third-order valence-corrected chi connectivity index (χ3v) is 3.36. The van der Waals surface area contributed by atoms with Crippen LogP contribution >= 0.6 is 15.9 Å². The number of aromatic nitrogens is 2. The van der Waals surface area contributed by atoms with Gasteiger partial charge < -0.3 is 10.1 Å². The first kappa shape index (κ1) is 18.1. The summed E-state index contributed by atoms with van der Waals surface area (Å²) in [6.45, 7) is 7.04. The van der Waals surface area contributed by atoms with Gasteiger partial charge in [-0.2, -0.15) is 0 Å². The van der Waals surface area contributed by atoms with Crippen molar-refractivity contribution in [2.45, 2.75) is 33.3 Å². The van der Waals surface area contributed by atoms with Gasteiger partial charge in [-0.15, -0.1) is 0 Å². The molecular weight excluding hydrogens is 374 g/mol. The molecule has 0 aliphatic heterocycles. The number of hydrogen-bond acceptors (Lipinski definition) is 5. The standard InChI is InChI=1S/C17H18BrN3O3/c1-10-19-8-7-14(20-10)21-15(22)13-9-11(18)5-6-12(13)16(23)24-17(2,3)4/h5-9H,1-4H3,(H,19,20,21,22). The maximum absolute atomic E-state index is 12.6. The van der Waals surface area contributed by atoms with Gasteiger partial charge in [-0.25, -0.2) is 14.8 Å². The Morgan fingerprint density at radius 2 is 1.88 bits per heavy atom. The minimum absolute atomic E-state index is 0.191. The van der Waals surface area contributed by atoms with Crippen molar-refractivity contribution in [3.05, 3.63) is 51.9 Å². The largest absolute Gasteiger partial charge is 0.456 e. The van der Waals surface area contributed by atoms with E-state index in [1.807, 2.05) is 0 Å². The first-order valence-electron chi connectivity index (χ1n) is 7.29. The van der Waals surface area contributed by atoms with Crippen LogP contribution in [0.5, 0.6) is 0 Å². The van der Waals surface area contributed by atoms with Crippen LogP contribution in [0.15, 0.2) is 34.9 Å². The fourth-order valence-electron chi connectivity index (χ4n) is 1.92. The highest BCUT2D eigenvalue weighted by atomic mass is 79.9. The number of hydrogen-bond donors (Lipinski definition) is 1. The highest BCUT2D eigenvalue weighted by molar-refractivity contribution is 9.10. The molecular formula is C17H18BrN3O3. The van der Waals surface area contributed by atoms with E-state index < -0.39 is 17.5 Å². The average molecular weight is 392 g/mol. The number of rotatable bonds is 3. The molecule has 0 fully saturated rings. The monoisotopic (exact) mass is 391 g/mol. The molecule has 0 aliphatic rings. The molecule has 0 atom stereocenters. The lowest BCUT2D eigenvalue weighted by Gasteiger charge is -2.20. The van der Waals surface area contributed by atoms with Gasteiger partial charge >= 0.3 is 5.97 Å². The summed E-state index contributed by atoms with van der Waals surface area (Å²) in [6, 6.07) is 6.39. The number of amides is 1. The molecule has 1 heterocycles. The average Bonchev–Trinajstić information content (AvgIpc) is 2.45. The van der Waals surface area contributed by atoms with Crippen molar-refractivity contribution in [3.63, 3.8) is 0 Å². The summed E-state index contributed by atoms with van der Waals surface area (Å²) in [7, 11) is 0. The molecule has 0 radical (unpaired) electrons. The van der Waals surface area contributed by atoms with Crippen molar-refractivity contribution in [1.29, 1.82) is 0 Å². The molecule has 0 unspecified atom stereocenters. The van der Waals surface area contributed by atoms with E-state index in [-0.39, 0.29) is 11.1 Å². The summed E-state index contributed by atoms with van der Waals surface area (Å²) < 4.78 is 6.04. The van der Waals surface area contributed by atoms with Crippen molar-refractivity contribution in [3.8, 4) is 0 Å². The van der Waals surface area contributed by atoms with Crippen molar-refractivity contribution < 1.29 is 14.3 Å². The van der Waals surface area contributed by atoms with Crippen molar-refractivity contribution in [2.24, 2.45) is 0 Å². The minimum atomic E-state index is -0.651. The normalized spacial score (nSPS) is 11.0. The summed E-state index contributed by atoms with van der Waals surface area (Å²) in [6.07, 6.45) is 1.55. The SMILES string of the molecule is Cc1nccc(NC(=O)c2cc(Br)ccc2C(=O)OC(C)(C)C)n1. The van der Waals surface area contributed by atoms with Crippen LogP contribution in [0, 0.1) is 6.92 Å². The quantitative estimate of drug-likeness (QED) is 0.805. The van der Waals surface area contributed by atoms with E-state index in [9.17, 15) is 9.59 Å². The van der Waals surface area contributed by atoms with Crippen LogP contribution < -0.4 is 5.32 Å². The Balaban J connectivity index is 2.33. The van der Waals surface area contributed by atoms with E-state index in [0.29, 0.717) is 16.1 Å². The van der Waals surface area contributed by atoms with Crippen molar-refractivity contribution in [1.82, 2.24) is 9.97 Å². The van der Waals surface area contributed by atoms with E-state index in [0.717, 1.165) is 0 Å². The number of nitrogens with one attached hydrogen (secondary N) is 1. The highest BCUT2D eigenvalue weighted by Gasteiger charge is 2.23. The topological polar surface area (TPSA) is 81.2 Å². The molecule has 2 rings (SSSR count). The molecule has 2 aromatic rings. The predicted molar refractivity (Wildman–Crippen MR) is 94.0 cm³/mol. The summed E-state index contributed by atoms with van der Waals surface area (Å²) in [4.78, 5) is 33.0. The molecule has 7 heteroatoms. The third-order valence-electron chi connectivity index (χ3n) is 2.86. The molecule has 6 nitrogen and oxygen atoms in total. The highest BCUT2D eigenvalue weighted by Crippen LogP contribution is 2.21. The van der Waals surface area contributed by atoms with E-state index in [2.05, 4.69) is 31.2 Å². The molecule has 0 aliphatic carbocycles. The van der Waals surface area contributed by atoms with E-state index in [1.54, 1.807) is 58.2 Å². The van der Waals surface area contributed by atoms with Gasteiger partial charge in [-0.1, -0.05) is 15.9 Å². The molecule has 0 bridgehead atoms. The van der Waals surface area contributed by atoms with Gasteiger partial charge in [0.15, 0.2) is 0 Å². The molecule has 1 aromatic heterocycles. The maximum atomic E-state index is 12.6. The summed E-state index contributed by atoms with van der Waals surface area (Å²) >= 11 is 3.31. The molecule has 24 heavy (non-hydrogen) atoms. The fourth-order valence-corrected chi connectivity index (χ4v) is 2.29. The van der Waals surface area contributed by atoms with Gasteiger partial charge in [-0.05, 0) is 52.0 Å². The number of carbonyl (C=O) groups is 2. The Morgan fingerprint density at radius 1 is 1.17 bits per heavy atom. The molecule has 1 aromatic carbocycles. The Bertz CT molecular complexity index is 785. The van der Waals surface area contributed by atoms with Gasteiger partial charge in [-0.3, -0.25) is 4.79 Å². The van der Waals surface area contributed by atoms with Crippen molar-refractivity contribution >= 4 is 33.6 Å². The number of esters is 1.